The number of benzene rings is 2. The summed E-state index contributed by atoms with van der Waals surface area (Å²) in [6, 6.07) is 16.4. The van der Waals surface area contributed by atoms with Crippen LogP contribution in [-0.4, -0.2) is 39.7 Å². The van der Waals surface area contributed by atoms with Crippen molar-refractivity contribution in [3.63, 3.8) is 0 Å². The summed E-state index contributed by atoms with van der Waals surface area (Å²) in [5, 5.41) is 7.85. The molecule has 1 aromatic heterocycles. The Kier molecular flexibility index (Phi) is 5.84. The first-order valence-corrected chi connectivity index (χ1v) is 10.4. The highest BCUT2D eigenvalue weighted by atomic mass is 19.1. The Morgan fingerprint density at radius 1 is 1.17 bits per heavy atom. The summed E-state index contributed by atoms with van der Waals surface area (Å²) in [5.41, 5.74) is 4.69. The number of carbonyl (C=O) groups is 1. The van der Waals surface area contributed by atoms with E-state index in [0.717, 1.165) is 42.0 Å². The van der Waals surface area contributed by atoms with Gasteiger partial charge in [0.25, 0.3) is 5.91 Å². The predicted octanol–water partition coefficient (Wildman–Crippen LogP) is 4.40. The molecular weight excluding hydrogens is 379 g/mol. The summed E-state index contributed by atoms with van der Waals surface area (Å²) in [5.74, 6) is -0.220. The van der Waals surface area contributed by atoms with Crippen LogP contribution < -0.4 is 5.32 Å². The molecule has 1 aliphatic heterocycles. The van der Waals surface area contributed by atoms with Crippen molar-refractivity contribution in [2.75, 3.05) is 18.4 Å². The highest BCUT2D eigenvalue weighted by Crippen LogP contribution is 2.19. The normalized spacial score (nSPS) is 16.5. The van der Waals surface area contributed by atoms with E-state index in [9.17, 15) is 9.18 Å². The second-order valence-electron chi connectivity index (χ2n) is 8.03. The Hall–Kier alpha value is -3.15. The van der Waals surface area contributed by atoms with Crippen molar-refractivity contribution in [3.8, 4) is 0 Å². The molecule has 3 aromatic rings. The Morgan fingerprint density at radius 2 is 1.97 bits per heavy atom. The van der Waals surface area contributed by atoms with E-state index in [0.29, 0.717) is 18.7 Å². The van der Waals surface area contributed by atoms with Gasteiger partial charge in [-0.2, -0.15) is 5.10 Å². The maximum atomic E-state index is 13.4. The van der Waals surface area contributed by atoms with Crippen LogP contribution >= 0.6 is 0 Å². The molecule has 0 unspecified atom stereocenters. The molecule has 6 heteroatoms. The number of piperidine rings is 1. The van der Waals surface area contributed by atoms with Gasteiger partial charge >= 0.3 is 0 Å². The number of likely N-dealkylation sites (tertiary alicyclic amines) is 1. The van der Waals surface area contributed by atoms with Crippen molar-refractivity contribution in [1.82, 2.24) is 14.7 Å². The summed E-state index contributed by atoms with van der Waals surface area (Å²) in [7, 11) is 0. The monoisotopic (exact) mass is 406 g/mol. The molecule has 30 heavy (non-hydrogen) atoms. The molecule has 1 saturated heterocycles. The van der Waals surface area contributed by atoms with E-state index >= 15 is 0 Å². The number of aryl methyl sites for hydroxylation is 2. The maximum absolute atomic E-state index is 13.4. The minimum absolute atomic E-state index is 0.0402. The van der Waals surface area contributed by atoms with Crippen molar-refractivity contribution in [1.29, 1.82) is 0 Å². The molecule has 4 rings (SSSR count). The average molecular weight is 407 g/mol. The van der Waals surface area contributed by atoms with Crippen molar-refractivity contribution >= 4 is 11.6 Å². The van der Waals surface area contributed by atoms with Crippen molar-refractivity contribution in [2.24, 2.45) is 0 Å². The summed E-state index contributed by atoms with van der Waals surface area (Å²) < 4.78 is 15.4. The van der Waals surface area contributed by atoms with Crippen LogP contribution in [0.1, 0.15) is 40.2 Å². The van der Waals surface area contributed by atoms with E-state index in [-0.39, 0.29) is 17.8 Å². The van der Waals surface area contributed by atoms with Gasteiger partial charge in [0.1, 0.15) is 5.82 Å². The molecule has 2 heterocycles. The van der Waals surface area contributed by atoms with Crippen LogP contribution in [0.4, 0.5) is 10.1 Å². The Labute approximate surface area is 176 Å². The zero-order chi connectivity index (χ0) is 21.1. The SMILES string of the molecule is Cc1cc(C)n(Cc2ccc(C(=O)N3CCC[C@@H](Nc4cccc(F)c4)C3)cc2)n1. The van der Waals surface area contributed by atoms with E-state index in [4.69, 9.17) is 0 Å². The second-order valence-corrected chi connectivity index (χ2v) is 8.03. The molecule has 1 atom stereocenters. The van der Waals surface area contributed by atoms with Gasteiger partial charge in [0, 0.05) is 36.1 Å². The summed E-state index contributed by atoms with van der Waals surface area (Å²) in [6.07, 6.45) is 1.89. The lowest BCUT2D eigenvalue weighted by Gasteiger charge is -2.33. The van der Waals surface area contributed by atoms with Crippen LogP contribution in [0.15, 0.2) is 54.6 Å². The summed E-state index contributed by atoms with van der Waals surface area (Å²) in [4.78, 5) is 14.9. The molecule has 2 aromatic carbocycles. The number of amides is 1. The number of hydrogen-bond donors (Lipinski definition) is 1. The van der Waals surface area contributed by atoms with Gasteiger partial charge in [0.2, 0.25) is 0 Å². The van der Waals surface area contributed by atoms with Gasteiger partial charge in [-0.1, -0.05) is 18.2 Å². The molecule has 0 bridgehead atoms. The van der Waals surface area contributed by atoms with E-state index in [1.165, 1.54) is 12.1 Å². The number of aromatic nitrogens is 2. The topological polar surface area (TPSA) is 50.2 Å². The predicted molar refractivity (Wildman–Crippen MR) is 116 cm³/mol. The van der Waals surface area contributed by atoms with Gasteiger partial charge in [-0.15, -0.1) is 0 Å². The maximum Gasteiger partial charge on any atom is 0.253 e. The number of rotatable bonds is 5. The van der Waals surface area contributed by atoms with Gasteiger partial charge in [-0.05, 0) is 68.7 Å². The lowest BCUT2D eigenvalue weighted by molar-refractivity contribution is 0.0715. The van der Waals surface area contributed by atoms with Crippen LogP contribution in [0.2, 0.25) is 0 Å². The molecule has 0 radical (unpaired) electrons. The Bertz CT molecular complexity index is 1030. The number of halogens is 1. The van der Waals surface area contributed by atoms with Gasteiger partial charge in [0.05, 0.1) is 12.2 Å². The molecule has 1 fully saturated rings. The van der Waals surface area contributed by atoms with Crippen LogP contribution in [0.3, 0.4) is 0 Å². The van der Waals surface area contributed by atoms with Crippen molar-refractivity contribution < 1.29 is 9.18 Å². The van der Waals surface area contributed by atoms with Gasteiger partial charge in [-0.25, -0.2) is 4.39 Å². The number of anilines is 1. The number of nitrogens with one attached hydrogen (secondary N) is 1. The minimum atomic E-state index is -0.260. The van der Waals surface area contributed by atoms with Gasteiger partial charge in [0.15, 0.2) is 0 Å². The molecule has 1 N–H and O–H groups in total. The first kappa shape index (κ1) is 20.1. The molecular formula is C24H27FN4O. The zero-order valence-corrected chi connectivity index (χ0v) is 17.4. The quantitative estimate of drug-likeness (QED) is 0.683. The fraction of sp³-hybridized carbons (Fsp3) is 0.333. The largest absolute Gasteiger partial charge is 0.380 e. The Morgan fingerprint density at radius 3 is 2.67 bits per heavy atom. The highest BCUT2D eigenvalue weighted by molar-refractivity contribution is 5.94. The molecule has 0 saturated carbocycles. The molecule has 1 aliphatic rings. The smallest absolute Gasteiger partial charge is 0.253 e. The fourth-order valence-electron chi connectivity index (χ4n) is 4.04. The fourth-order valence-corrected chi connectivity index (χ4v) is 4.04. The third-order valence-corrected chi connectivity index (χ3v) is 5.54. The zero-order valence-electron chi connectivity index (χ0n) is 17.4. The van der Waals surface area contributed by atoms with Gasteiger partial charge < -0.3 is 10.2 Å². The highest BCUT2D eigenvalue weighted by Gasteiger charge is 2.24. The average Bonchev–Trinajstić information content (AvgIpc) is 3.05. The molecule has 5 nitrogen and oxygen atoms in total. The number of carbonyl (C=O) groups excluding carboxylic acids is 1. The lowest BCUT2D eigenvalue weighted by Crippen LogP contribution is -2.45. The van der Waals surface area contributed by atoms with Crippen LogP contribution in [-0.2, 0) is 6.54 Å². The third-order valence-electron chi connectivity index (χ3n) is 5.54. The standard InChI is InChI=1S/C24H27FN4O/c1-17-13-18(2)29(27-17)15-19-8-10-20(11-9-19)24(30)28-12-4-7-23(16-28)26-22-6-3-5-21(25)14-22/h3,5-6,8-11,13-14,23,26H,4,7,12,15-16H2,1-2H3/t23-/m1/s1. The van der Waals surface area contributed by atoms with E-state index in [1.54, 1.807) is 6.07 Å². The Balaban J connectivity index is 1.39. The van der Waals surface area contributed by atoms with Crippen LogP contribution in [0.5, 0.6) is 0 Å². The van der Waals surface area contributed by atoms with E-state index in [1.807, 2.05) is 53.8 Å². The van der Waals surface area contributed by atoms with E-state index in [2.05, 4.69) is 16.5 Å². The number of nitrogens with zero attached hydrogens (tertiary/aromatic N) is 3. The molecule has 0 aliphatic carbocycles. The first-order chi connectivity index (χ1) is 14.5. The minimum Gasteiger partial charge on any atom is -0.380 e. The summed E-state index contributed by atoms with van der Waals surface area (Å²) >= 11 is 0. The molecule has 1 amide bonds. The lowest BCUT2D eigenvalue weighted by atomic mass is 10.0. The van der Waals surface area contributed by atoms with Crippen LogP contribution in [0, 0.1) is 19.7 Å². The van der Waals surface area contributed by atoms with Crippen LogP contribution in [0.25, 0.3) is 0 Å². The summed E-state index contributed by atoms with van der Waals surface area (Å²) in [6.45, 7) is 6.08. The first-order valence-electron chi connectivity index (χ1n) is 10.4. The molecule has 156 valence electrons. The number of hydrogen-bond acceptors (Lipinski definition) is 3. The molecule has 0 spiro atoms. The van der Waals surface area contributed by atoms with Crippen molar-refractivity contribution in [2.45, 2.75) is 39.3 Å². The third kappa shape index (κ3) is 4.70. The second kappa shape index (κ2) is 8.69. The van der Waals surface area contributed by atoms with Gasteiger partial charge in [-0.3, -0.25) is 9.48 Å². The van der Waals surface area contributed by atoms with Crippen molar-refractivity contribution in [3.05, 3.63) is 82.9 Å². The van der Waals surface area contributed by atoms with E-state index < -0.39 is 0 Å².